The minimum atomic E-state index is -0.209. The third kappa shape index (κ3) is 3.45. The molecular formula is C17H20ClNO2S. The molecule has 0 unspecified atom stereocenters. The highest BCUT2D eigenvalue weighted by Gasteiger charge is 2.26. The standard InChI is InChI=1S/C17H20ClNO2S/c1-11(15-9-10-16(18)22-15)17(20)19(3)12(2)13-7-5-6-8-14(13)21-4/h5-12H,1-4H3/t11-,12+/m0/s1. The normalized spacial score (nSPS) is 13.5. The van der Waals surface area contributed by atoms with Crippen LogP contribution in [0.15, 0.2) is 36.4 Å². The molecule has 0 aliphatic rings. The molecule has 3 nitrogen and oxygen atoms in total. The van der Waals surface area contributed by atoms with Crippen LogP contribution in [0.5, 0.6) is 5.75 Å². The van der Waals surface area contributed by atoms with Crippen LogP contribution >= 0.6 is 22.9 Å². The van der Waals surface area contributed by atoms with Gasteiger partial charge in [0.2, 0.25) is 5.91 Å². The molecule has 0 N–H and O–H groups in total. The largest absolute Gasteiger partial charge is 0.496 e. The number of likely N-dealkylation sites (N-methyl/N-ethyl adjacent to an activating group) is 1. The van der Waals surface area contributed by atoms with E-state index in [-0.39, 0.29) is 17.9 Å². The fourth-order valence-corrected chi connectivity index (χ4v) is 3.50. The molecule has 2 aromatic rings. The smallest absolute Gasteiger partial charge is 0.230 e. The first kappa shape index (κ1) is 16.8. The molecule has 0 saturated heterocycles. The number of ether oxygens (including phenoxy) is 1. The van der Waals surface area contributed by atoms with E-state index in [4.69, 9.17) is 16.3 Å². The highest BCUT2D eigenvalue weighted by molar-refractivity contribution is 7.16. The van der Waals surface area contributed by atoms with Crippen LogP contribution in [0.1, 0.15) is 36.2 Å². The van der Waals surface area contributed by atoms with E-state index >= 15 is 0 Å². The summed E-state index contributed by atoms with van der Waals surface area (Å²) < 4.78 is 6.10. The van der Waals surface area contributed by atoms with Crippen molar-refractivity contribution in [3.63, 3.8) is 0 Å². The quantitative estimate of drug-likeness (QED) is 0.789. The fraction of sp³-hybridized carbons (Fsp3) is 0.353. The highest BCUT2D eigenvalue weighted by atomic mass is 35.5. The summed E-state index contributed by atoms with van der Waals surface area (Å²) in [4.78, 5) is 15.5. The van der Waals surface area contributed by atoms with E-state index in [0.717, 1.165) is 16.2 Å². The maximum absolute atomic E-state index is 12.7. The van der Waals surface area contributed by atoms with Crippen LogP contribution in [0.3, 0.4) is 0 Å². The Bertz CT molecular complexity index is 656. The zero-order valence-electron chi connectivity index (χ0n) is 13.2. The van der Waals surface area contributed by atoms with Crippen LogP contribution in [-0.2, 0) is 4.79 Å². The number of hydrogen-bond acceptors (Lipinski definition) is 3. The summed E-state index contributed by atoms with van der Waals surface area (Å²) in [6.07, 6.45) is 0. The van der Waals surface area contributed by atoms with Crippen molar-refractivity contribution in [1.29, 1.82) is 0 Å². The molecule has 1 aromatic heterocycles. The van der Waals surface area contributed by atoms with Crippen molar-refractivity contribution in [3.05, 3.63) is 51.2 Å². The van der Waals surface area contributed by atoms with Crippen LogP contribution in [0, 0.1) is 0 Å². The van der Waals surface area contributed by atoms with Crippen LogP contribution in [-0.4, -0.2) is 25.0 Å². The lowest BCUT2D eigenvalue weighted by atomic mass is 10.0. The summed E-state index contributed by atoms with van der Waals surface area (Å²) >= 11 is 7.41. The van der Waals surface area contributed by atoms with Gasteiger partial charge in [-0.3, -0.25) is 4.79 Å². The van der Waals surface area contributed by atoms with Gasteiger partial charge in [-0.25, -0.2) is 0 Å². The van der Waals surface area contributed by atoms with Gasteiger partial charge in [-0.2, -0.15) is 0 Å². The van der Waals surface area contributed by atoms with Crippen molar-refractivity contribution in [2.45, 2.75) is 25.8 Å². The Balaban J connectivity index is 2.19. The van der Waals surface area contributed by atoms with Crippen molar-refractivity contribution in [3.8, 4) is 5.75 Å². The monoisotopic (exact) mass is 337 g/mol. The molecule has 0 radical (unpaired) electrons. The molecule has 5 heteroatoms. The fourth-order valence-electron chi connectivity index (χ4n) is 2.40. The van der Waals surface area contributed by atoms with Crippen molar-refractivity contribution in [1.82, 2.24) is 4.90 Å². The number of benzene rings is 1. The number of methoxy groups -OCH3 is 1. The number of hydrogen-bond donors (Lipinski definition) is 0. The van der Waals surface area contributed by atoms with Gasteiger partial charge < -0.3 is 9.64 Å². The average molecular weight is 338 g/mol. The molecule has 0 bridgehead atoms. The number of nitrogens with zero attached hydrogens (tertiary/aromatic N) is 1. The molecule has 118 valence electrons. The van der Waals surface area contributed by atoms with Gasteiger partial charge in [0.05, 0.1) is 23.4 Å². The van der Waals surface area contributed by atoms with Crippen LogP contribution in [0.2, 0.25) is 4.34 Å². The zero-order valence-corrected chi connectivity index (χ0v) is 14.7. The molecule has 0 aliphatic heterocycles. The molecule has 2 rings (SSSR count). The molecule has 0 saturated carbocycles. The van der Waals surface area contributed by atoms with Crippen molar-refractivity contribution >= 4 is 28.8 Å². The van der Waals surface area contributed by atoms with E-state index in [2.05, 4.69) is 0 Å². The minimum absolute atomic E-state index is 0.0666. The molecule has 1 heterocycles. The summed E-state index contributed by atoms with van der Waals surface area (Å²) in [5, 5.41) is 0. The number of carbonyl (C=O) groups excluding carboxylic acids is 1. The maximum Gasteiger partial charge on any atom is 0.230 e. The van der Waals surface area contributed by atoms with E-state index < -0.39 is 0 Å². The number of rotatable bonds is 5. The Hall–Kier alpha value is -1.52. The summed E-state index contributed by atoms with van der Waals surface area (Å²) in [5.74, 6) is 0.651. The van der Waals surface area contributed by atoms with Gasteiger partial charge in [0.1, 0.15) is 5.75 Å². The molecule has 0 aliphatic carbocycles. The Morgan fingerprint density at radius 3 is 2.50 bits per heavy atom. The van der Waals surface area contributed by atoms with E-state index in [9.17, 15) is 4.79 Å². The van der Waals surface area contributed by atoms with E-state index in [1.165, 1.54) is 11.3 Å². The molecular weight excluding hydrogens is 318 g/mol. The average Bonchev–Trinajstić information content (AvgIpc) is 2.98. The summed E-state index contributed by atoms with van der Waals surface area (Å²) in [5.41, 5.74) is 0.997. The number of halogens is 1. The van der Waals surface area contributed by atoms with Gasteiger partial charge in [-0.05, 0) is 32.0 Å². The maximum atomic E-state index is 12.7. The number of carbonyl (C=O) groups is 1. The van der Waals surface area contributed by atoms with Crippen LogP contribution < -0.4 is 4.74 Å². The van der Waals surface area contributed by atoms with Gasteiger partial charge in [0.15, 0.2) is 0 Å². The Morgan fingerprint density at radius 1 is 1.23 bits per heavy atom. The predicted molar refractivity (Wildman–Crippen MR) is 91.9 cm³/mol. The van der Waals surface area contributed by atoms with E-state index in [1.807, 2.05) is 57.3 Å². The second kappa shape index (κ2) is 7.16. The van der Waals surface area contributed by atoms with Gasteiger partial charge in [0, 0.05) is 17.5 Å². The first-order chi connectivity index (χ1) is 10.5. The Kier molecular flexibility index (Phi) is 5.48. The SMILES string of the molecule is COc1ccccc1[C@@H](C)N(C)C(=O)[C@@H](C)c1ccc(Cl)s1. The number of para-hydroxylation sites is 1. The van der Waals surface area contributed by atoms with Gasteiger partial charge >= 0.3 is 0 Å². The van der Waals surface area contributed by atoms with E-state index in [0.29, 0.717) is 4.34 Å². The predicted octanol–water partition coefficient (Wildman–Crippen LogP) is 4.73. The second-order valence-electron chi connectivity index (χ2n) is 5.23. The Labute approximate surface area is 140 Å². The van der Waals surface area contributed by atoms with Crippen molar-refractivity contribution in [2.75, 3.05) is 14.2 Å². The lowest BCUT2D eigenvalue weighted by Gasteiger charge is -2.28. The summed E-state index contributed by atoms with van der Waals surface area (Å²) in [6.45, 7) is 3.92. The third-order valence-electron chi connectivity index (χ3n) is 3.91. The van der Waals surface area contributed by atoms with Gasteiger partial charge in [-0.1, -0.05) is 29.8 Å². The Morgan fingerprint density at radius 2 is 1.91 bits per heavy atom. The number of amides is 1. The zero-order chi connectivity index (χ0) is 16.3. The molecule has 1 aromatic carbocycles. The molecule has 22 heavy (non-hydrogen) atoms. The second-order valence-corrected chi connectivity index (χ2v) is 6.98. The van der Waals surface area contributed by atoms with Gasteiger partial charge in [-0.15, -0.1) is 11.3 Å². The van der Waals surface area contributed by atoms with Crippen molar-refractivity contribution in [2.24, 2.45) is 0 Å². The lowest BCUT2D eigenvalue weighted by Crippen LogP contribution is -2.33. The summed E-state index contributed by atoms with van der Waals surface area (Å²) in [7, 11) is 3.47. The molecule has 1 amide bonds. The topological polar surface area (TPSA) is 29.5 Å². The third-order valence-corrected chi connectivity index (χ3v) is 5.32. The first-order valence-electron chi connectivity index (χ1n) is 7.10. The first-order valence-corrected chi connectivity index (χ1v) is 8.30. The van der Waals surface area contributed by atoms with Gasteiger partial charge in [0.25, 0.3) is 0 Å². The molecule has 2 atom stereocenters. The van der Waals surface area contributed by atoms with Crippen molar-refractivity contribution < 1.29 is 9.53 Å². The van der Waals surface area contributed by atoms with Crippen LogP contribution in [0.25, 0.3) is 0 Å². The summed E-state index contributed by atoms with van der Waals surface area (Å²) in [6, 6.07) is 11.4. The highest BCUT2D eigenvalue weighted by Crippen LogP contribution is 2.33. The van der Waals surface area contributed by atoms with E-state index in [1.54, 1.807) is 12.0 Å². The lowest BCUT2D eigenvalue weighted by molar-refractivity contribution is -0.133. The molecule has 0 fully saturated rings. The molecule has 0 spiro atoms. The van der Waals surface area contributed by atoms with Crippen LogP contribution in [0.4, 0.5) is 0 Å². The minimum Gasteiger partial charge on any atom is -0.496 e. The number of thiophene rings is 1.